The van der Waals surface area contributed by atoms with Crippen molar-refractivity contribution in [3.8, 4) is 11.1 Å². The third kappa shape index (κ3) is 2.42. The molecule has 0 bridgehead atoms. The molecule has 5 heteroatoms. The van der Waals surface area contributed by atoms with Crippen LogP contribution in [-0.2, 0) is 10.2 Å². The van der Waals surface area contributed by atoms with E-state index in [4.69, 9.17) is 0 Å². The maximum Gasteiger partial charge on any atom is 0.235 e. The first-order valence-corrected chi connectivity index (χ1v) is 9.69. The van der Waals surface area contributed by atoms with Gasteiger partial charge in [-0.05, 0) is 57.5 Å². The van der Waals surface area contributed by atoms with Crippen LogP contribution in [0.4, 0.5) is 5.82 Å². The number of carbonyl (C=O) groups is 1. The standard InChI is InChI=1S/C22H24N4O/c1-22(2)19-16(9-12-24-20(19)25-21(22)27)17-13-26(14-7-10-23-11-8-14)18-6-4-3-5-15(17)18/h3-6,9,12-14,23H,7-8,10-11H2,1-2H3,(H,24,25,27). The molecule has 0 atom stereocenters. The number of rotatable bonds is 2. The molecule has 2 aromatic heterocycles. The Morgan fingerprint density at radius 3 is 2.70 bits per heavy atom. The van der Waals surface area contributed by atoms with Crippen molar-refractivity contribution in [3.63, 3.8) is 0 Å². The Bertz CT molecular complexity index is 1040. The topological polar surface area (TPSA) is 59.0 Å². The van der Waals surface area contributed by atoms with E-state index in [9.17, 15) is 4.79 Å². The van der Waals surface area contributed by atoms with Gasteiger partial charge in [-0.1, -0.05) is 18.2 Å². The fourth-order valence-corrected chi connectivity index (χ4v) is 4.60. The largest absolute Gasteiger partial charge is 0.344 e. The van der Waals surface area contributed by atoms with Crippen LogP contribution in [0.2, 0.25) is 0 Å². The summed E-state index contributed by atoms with van der Waals surface area (Å²) in [4.78, 5) is 16.9. The lowest BCUT2D eigenvalue weighted by Crippen LogP contribution is -2.29. The molecule has 5 nitrogen and oxygen atoms in total. The number of anilines is 1. The molecule has 0 spiro atoms. The van der Waals surface area contributed by atoms with Crippen molar-refractivity contribution >= 4 is 22.6 Å². The van der Waals surface area contributed by atoms with Crippen molar-refractivity contribution < 1.29 is 4.79 Å². The Morgan fingerprint density at radius 2 is 1.89 bits per heavy atom. The van der Waals surface area contributed by atoms with Crippen molar-refractivity contribution in [2.45, 2.75) is 38.1 Å². The predicted molar refractivity (Wildman–Crippen MR) is 108 cm³/mol. The molecule has 1 aromatic carbocycles. The van der Waals surface area contributed by atoms with E-state index in [1.165, 1.54) is 16.5 Å². The zero-order valence-corrected chi connectivity index (χ0v) is 15.7. The molecule has 27 heavy (non-hydrogen) atoms. The first-order chi connectivity index (χ1) is 13.1. The van der Waals surface area contributed by atoms with E-state index in [0.717, 1.165) is 37.1 Å². The van der Waals surface area contributed by atoms with Crippen LogP contribution in [0.3, 0.4) is 0 Å². The van der Waals surface area contributed by atoms with Gasteiger partial charge in [-0.25, -0.2) is 4.98 Å². The highest BCUT2D eigenvalue weighted by Gasteiger charge is 2.41. The minimum atomic E-state index is -0.586. The number of benzene rings is 1. The predicted octanol–water partition coefficient (Wildman–Crippen LogP) is 3.86. The molecular weight excluding hydrogens is 336 g/mol. The second-order valence-electron chi connectivity index (χ2n) is 8.11. The van der Waals surface area contributed by atoms with Crippen LogP contribution in [0.1, 0.15) is 38.3 Å². The number of hydrogen-bond donors (Lipinski definition) is 2. The van der Waals surface area contributed by atoms with Crippen molar-refractivity contribution in [1.82, 2.24) is 14.9 Å². The van der Waals surface area contributed by atoms with Gasteiger partial charge in [-0.15, -0.1) is 0 Å². The van der Waals surface area contributed by atoms with Crippen LogP contribution < -0.4 is 10.6 Å². The van der Waals surface area contributed by atoms with Gasteiger partial charge in [-0.3, -0.25) is 4.79 Å². The molecule has 0 aliphatic carbocycles. The molecule has 0 radical (unpaired) electrons. The van der Waals surface area contributed by atoms with Crippen LogP contribution >= 0.6 is 0 Å². The van der Waals surface area contributed by atoms with E-state index in [1.54, 1.807) is 6.20 Å². The minimum absolute atomic E-state index is 0.0135. The Labute approximate surface area is 158 Å². The molecule has 4 heterocycles. The third-order valence-corrected chi connectivity index (χ3v) is 6.11. The van der Waals surface area contributed by atoms with Crippen molar-refractivity contribution in [2.24, 2.45) is 0 Å². The van der Waals surface area contributed by atoms with E-state index in [0.29, 0.717) is 11.9 Å². The molecule has 3 aromatic rings. The lowest BCUT2D eigenvalue weighted by molar-refractivity contribution is -0.119. The van der Waals surface area contributed by atoms with Crippen molar-refractivity contribution in [3.05, 3.63) is 48.3 Å². The lowest BCUT2D eigenvalue weighted by Gasteiger charge is -2.25. The summed E-state index contributed by atoms with van der Waals surface area (Å²) < 4.78 is 2.44. The Kier molecular flexibility index (Phi) is 3.62. The van der Waals surface area contributed by atoms with E-state index < -0.39 is 5.41 Å². The molecule has 5 rings (SSSR count). The number of para-hydroxylation sites is 1. The first kappa shape index (κ1) is 16.5. The maximum absolute atomic E-state index is 12.5. The zero-order chi connectivity index (χ0) is 18.6. The van der Waals surface area contributed by atoms with Gasteiger partial charge < -0.3 is 15.2 Å². The van der Waals surface area contributed by atoms with E-state index in [1.807, 2.05) is 13.8 Å². The minimum Gasteiger partial charge on any atom is -0.344 e. The van der Waals surface area contributed by atoms with Crippen LogP contribution in [0.5, 0.6) is 0 Å². The van der Waals surface area contributed by atoms with Gasteiger partial charge in [0.05, 0.1) is 5.41 Å². The van der Waals surface area contributed by atoms with Crippen LogP contribution in [0.15, 0.2) is 42.7 Å². The average Bonchev–Trinajstić information content (AvgIpc) is 3.18. The molecular formula is C22H24N4O. The van der Waals surface area contributed by atoms with Gasteiger partial charge >= 0.3 is 0 Å². The number of nitrogens with one attached hydrogen (secondary N) is 2. The van der Waals surface area contributed by atoms with E-state index in [2.05, 4.69) is 56.7 Å². The number of nitrogens with zero attached hydrogens (tertiary/aromatic N) is 2. The number of carbonyl (C=O) groups excluding carboxylic acids is 1. The van der Waals surface area contributed by atoms with Crippen LogP contribution in [0, 0.1) is 0 Å². The van der Waals surface area contributed by atoms with Gasteiger partial charge in [0.15, 0.2) is 0 Å². The summed E-state index contributed by atoms with van der Waals surface area (Å²) in [5.41, 5.74) is 3.97. The number of amides is 1. The molecule has 2 aliphatic rings. The van der Waals surface area contributed by atoms with Gasteiger partial charge in [0, 0.05) is 40.5 Å². The van der Waals surface area contributed by atoms with Crippen LogP contribution in [0.25, 0.3) is 22.0 Å². The van der Waals surface area contributed by atoms with Crippen molar-refractivity contribution in [2.75, 3.05) is 18.4 Å². The van der Waals surface area contributed by atoms with E-state index >= 15 is 0 Å². The summed E-state index contributed by atoms with van der Waals surface area (Å²) in [7, 11) is 0. The molecule has 138 valence electrons. The SMILES string of the molecule is CC1(C)C(=O)Nc2nccc(-c3cn(C4CCNCC4)c4ccccc34)c21. The fourth-order valence-electron chi connectivity index (χ4n) is 4.60. The molecule has 1 amide bonds. The lowest BCUT2D eigenvalue weighted by atomic mass is 9.82. The van der Waals surface area contributed by atoms with Gasteiger partial charge in [0.1, 0.15) is 5.82 Å². The summed E-state index contributed by atoms with van der Waals surface area (Å²) >= 11 is 0. The summed E-state index contributed by atoms with van der Waals surface area (Å²) in [6.07, 6.45) is 6.36. The summed E-state index contributed by atoms with van der Waals surface area (Å²) in [5, 5.41) is 7.64. The van der Waals surface area contributed by atoms with Crippen LogP contribution in [-0.4, -0.2) is 28.5 Å². The van der Waals surface area contributed by atoms with Gasteiger partial charge in [-0.2, -0.15) is 0 Å². The summed E-state index contributed by atoms with van der Waals surface area (Å²) in [5.74, 6) is 0.709. The molecule has 2 aliphatic heterocycles. The number of aromatic nitrogens is 2. The molecule has 0 unspecified atom stereocenters. The fraction of sp³-hybridized carbons (Fsp3) is 0.364. The number of hydrogen-bond acceptors (Lipinski definition) is 3. The molecule has 1 saturated heterocycles. The summed E-state index contributed by atoms with van der Waals surface area (Å²) in [6, 6.07) is 11.1. The normalized spacial score (nSPS) is 19.3. The quantitative estimate of drug-likeness (QED) is 0.730. The Morgan fingerprint density at radius 1 is 1.11 bits per heavy atom. The number of pyridine rings is 1. The second-order valence-corrected chi connectivity index (χ2v) is 8.11. The Balaban J connectivity index is 1.74. The van der Waals surface area contributed by atoms with Gasteiger partial charge in [0.2, 0.25) is 5.91 Å². The van der Waals surface area contributed by atoms with Gasteiger partial charge in [0.25, 0.3) is 0 Å². The average molecular weight is 360 g/mol. The Hall–Kier alpha value is -2.66. The number of piperidine rings is 1. The molecule has 1 fully saturated rings. The summed E-state index contributed by atoms with van der Waals surface area (Å²) in [6.45, 7) is 6.07. The maximum atomic E-state index is 12.5. The third-order valence-electron chi connectivity index (χ3n) is 6.11. The highest BCUT2D eigenvalue weighted by molar-refractivity contribution is 6.08. The van der Waals surface area contributed by atoms with Crippen molar-refractivity contribution in [1.29, 1.82) is 0 Å². The molecule has 2 N–H and O–H groups in total. The monoisotopic (exact) mass is 360 g/mol. The smallest absolute Gasteiger partial charge is 0.235 e. The number of fused-ring (bicyclic) bond motifs is 2. The highest BCUT2D eigenvalue weighted by atomic mass is 16.2. The molecule has 0 saturated carbocycles. The first-order valence-electron chi connectivity index (χ1n) is 9.69. The second kappa shape index (κ2) is 5.92. The zero-order valence-electron chi connectivity index (χ0n) is 15.7. The van der Waals surface area contributed by atoms with E-state index in [-0.39, 0.29) is 5.91 Å². The highest BCUT2D eigenvalue weighted by Crippen LogP contribution is 2.45.